The number of aromatic amines is 1. The van der Waals surface area contributed by atoms with Gasteiger partial charge in [0, 0.05) is 15.6 Å². The van der Waals surface area contributed by atoms with Crippen LogP contribution in [0.1, 0.15) is 42.8 Å². The SMILES string of the molecule is Cc1c(Br)cccc1NC(=O)c1n[nH]c(C(C)(C)C)n1. The van der Waals surface area contributed by atoms with Crippen molar-refractivity contribution in [2.45, 2.75) is 33.1 Å². The van der Waals surface area contributed by atoms with E-state index in [1.54, 1.807) is 0 Å². The number of amides is 1. The molecule has 6 heteroatoms. The number of hydrogen-bond acceptors (Lipinski definition) is 3. The van der Waals surface area contributed by atoms with Gasteiger partial charge in [-0.1, -0.05) is 42.8 Å². The summed E-state index contributed by atoms with van der Waals surface area (Å²) in [6.45, 7) is 7.95. The lowest BCUT2D eigenvalue weighted by Gasteiger charge is -2.12. The second kappa shape index (κ2) is 5.36. The van der Waals surface area contributed by atoms with Crippen LogP contribution in [0.15, 0.2) is 22.7 Å². The zero-order chi connectivity index (χ0) is 14.9. The highest BCUT2D eigenvalue weighted by Crippen LogP contribution is 2.24. The number of H-pyrrole nitrogens is 1. The standard InChI is InChI=1S/C14H17BrN4O/c1-8-9(15)6-5-7-10(8)16-12(20)11-17-13(19-18-11)14(2,3)4/h5-7H,1-4H3,(H,16,20)(H,17,18,19). The first-order chi connectivity index (χ1) is 9.29. The van der Waals surface area contributed by atoms with Crippen molar-refractivity contribution in [3.63, 3.8) is 0 Å². The number of aromatic nitrogens is 3. The van der Waals surface area contributed by atoms with Crippen LogP contribution >= 0.6 is 15.9 Å². The molecule has 1 aromatic carbocycles. The minimum Gasteiger partial charge on any atom is -0.319 e. The molecule has 106 valence electrons. The van der Waals surface area contributed by atoms with E-state index in [4.69, 9.17) is 0 Å². The first-order valence-electron chi connectivity index (χ1n) is 6.28. The van der Waals surface area contributed by atoms with Crippen LogP contribution in [-0.2, 0) is 5.41 Å². The van der Waals surface area contributed by atoms with Gasteiger partial charge in [0.25, 0.3) is 5.91 Å². The van der Waals surface area contributed by atoms with E-state index in [-0.39, 0.29) is 17.1 Å². The Morgan fingerprint density at radius 2 is 2.05 bits per heavy atom. The van der Waals surface area contributed by atoms with Gasteiger partial charge in [-0.3, -0.25) is 9.89 Å². The molecule has 20 heavy (non-hydrogen) atoms. The summed E-state index contributed by atoms with van der Waals surface area (Å²) in [6, 6.07) is 5.63. The molecule has 2 aromatic rings. The summed E-state index contributed by atoms with van der Waals surface area (Å²) < 4.78 is 0.945. The van der Waals surface area contributed by atoms with Crippen molar-refractivity contribution in [3.8, 4) is 0 Å². The van der Waals surface area contributed by atoms with Gasteiger partial charge in [-0.15, -0.1) is 5.10 Å². The predicted molar refractivity (Wildman–Crippen MR) is 81.9 cm³/mol. The molecule has 1 heterocycles. The number of carbonyl (C=O) groups is 1. The van der Waals surface area contributed by atoms with Crippen LogP contribution in [0.2, 0.25) is 0 Å². The second-order valence-corrected chi connectivity index (χ2v) is 6.48. The van der Waals surface area contributed by atoms with Crippen LogP contribution in [0.3, 0.4) is 0 Å². The van der Waals surface area contributed by atoms with Crippen LogP contribution in [0.4, 0.5) is 5.69 Å². The normalized spacial score (nSPS) is 11.4. The molecule has 0 unspecified atom stereocenters. The molecule has 2 rings (SSSR count). The molecular weight excluding hydrogens is 320 g/mol. The van der Waals surface area contributed by atoms with Gasteiger partial charge >= 0.3 is 0 Å². The number of nitrogens with one attached hydrogen (secondary N) is 2. The molecular formula is C14H17BrN4O. The molecule has 1 amide bonds. The highest BCUT2D eigenvalue weighted by molar-refractivity contribution is 9.10. The molecule has 0 aliphatic heterocycles. The Morgan fingerprint density at radius 3 is 2.65 bits per heavy atom. The van der Waals surface area contributed by atoms with E-state index < -0.39 is 0 Å². The van der Waals surface area contributed by atoms with Crippen molar-refractivity contribution < 1.29 is 4.79 Å². The summed E-state index contributed by atoms with van der Waals surface area (Å²) in [7, 11) is 0. The van der Waals surface area contributed by atoms with Crippen molar-refractivity contribution in [2.24, 2.45) is 0 Å². The molecule has 0 spiro atoms. The zero-order valence-electron chi connectivity index (χ0n) is 11.9. The van der Waals surface area contributed by atoms with Gasteiger partial charge in [0.15, 0.2) is 0 Å². The highest BCUT2D eigenvalue weighted by Gasteiger charge is 2.21. The number of benzene rings is 1. The van der Waals surface area contributed by atoms with Crippen molar-refractivity contribution in [3.05, 3.63) is 39.9 Å². The molecule has 0 aliphatic rings. The fourth-order valence-corrected chi connectivity index (χ4v) is 1.99. The van der Waals surface area contributed by atoms with Crippen molar-refractivity contribution >= 4 is 27.5 Å². The van der Waals surface area contributed by atoms with E-state index in [1.165, 1.54) is 0 Å². The summed E-state index contributed by atoms with van der Waals surface area (Å²) in [4.78, 5) is 16.4. The molecule has 1 aromatic heterocycles. The maximum atomic E-state index is 12.1. The Morgan fingerprint density at radius 1 is 1.35 bits per heavy atom. The van der Waals surface area contributed by atoms with E-state index in [9.17, 15) is 4.79 Å². The molecule has 0 saturated heterocycles. The number of anilines is 1. The summed E-state index contributed by atoms with van der Waals surface area (Å²) in [6.07, 6.45) is 0. The highest BCUT2D eigenvalue weighted by atomic mass is 79.9. The summed E-state index contributed by atoms with van der Waals surface area (Å²) in [5.41, 5.74) is 1.54. The summed E-state index contributed by atoms with van der Waals surface area (Å²) in [5, 5.41) is 9.60. The average molecular weight is 337 g/mol. The molecule has 0 aliphatic carbocycles. The van der Waals surface area contributed by atoms with Crippen LogP contribution in [0.5, 0.6) is 0 Å². The van der Waals surface area contributed by atoms with Crippen molar-refractivity contribution in [1.29, 1.82) is 0 Å². The van der Waals surface area contributed by atoms with Gasteiger partial charge in [0.1, 0.15) is 5.82 Å². The number of rotatable bonds is 2. The minimum atomic E-state index is -0.321. The fraction of sp³-hybridized carbons (Fsp3) is 0.357. The predicted octanol–water partition coefficient (Wildman–Crippen LogP) is 3.43. The summed E-state index contributed by atoms with van der Waals surface area (Å²) >= 11 is 3.43. The van der Waals surface area contributed by atoms with Crippen LogP contribution < -0.4 is 5.32 Å². The van der Waals surface area contributed by atoms with Crippen molar-refractivity contribution in [1.82, 2.24) is 15.2 Å². The number of nitrogens with zero attached hydrogens (tertiary/aromatic N) is 2. The molecule has 0 bridgehead atoms. The van der Waals surface area contributed by atoms with E-state index in [2.05, 4.69) is 36.4 Å². The Balaban J connectivity index is 2.20. The van der Waals surface area contributed by atoms with Crippen LogP contribution in [-0.4, -0.2) is 21.1 Å². The maximum Gasteiger partial charge on any atom is 0.295 e. The third-order valence-electron chi connectivity index (χ3n) is 2.91. The summed E-state index contributed by atoms with van der Waals surface area (Å²) in [5.74, 6) is 0.515. The topological polar surface area (TPSA) is 70.7 Å². The monoisotopic (exact) mass is 336 g/mol. The lowest BCUT2D eigenvalue weighted by Crippen LogP contribution is -2.16. The molecule has 2 N–H and O–H groups in total. The molecule has 0 atom stereocenters. The molecule has 5 nitrogen and oxygen atoms in total. The minimum absolute atomic E-state index is 0.148. The average Bonchev–Trinajstić information content (AvgIpc) is 2.84. The Labute approximate surface area is 126 Å². The molecule has 0 fully saturated rings. The number of hydrogen-bond donors (Lipinski definition) is 2. The lowest BCUT2D eigenvalue weighted by molar-refractivity contribution is 0.101. The third-order valence-corrected chi connectivity index (χ3v) is 3.77. The van der Waals surface area contributed by atoms with E-state index in [1.807, 2.05) is 45.9 Å². The fourth-order valence-electron chi connectivity index (χ4n) is 1.62. The van der Waals surface area contributed by atoms with E-state index >= 15 is 0 Å². The van der Waals surface area contributed by atoms with Gasteiger partial charge in [-0.2, -0.15) is 0 Å². The number of carbonyl (C=O) groups excluding carboxylic acids is 1. The van der Waals surface area contributed by atoms with Gasteiger partial charge in [-0.05, 0) is 24.6 Å². The lowest BCUT2D eigenvalue weighted by atomic mass is 9.96. The third kappa shape index (κ3) is 3.07. The van der Waals surface area contributed by atoms with Gasteiger partial charge in [0.05, 0.1) is 0 Å². The second-order valence-electron chi connectivity index (χ2n) is 5.62. The Kier molecular flexibility index (Phi) is 3.94. The van der Waals surface area contributed by atoms with Gasteiger partial charge < -0.3 is 5.32 Å². The van der Waals surface area contributed by atoms with E-state index in [0.717, 1.165) is 15.7 Å². The first-order valence-corrected chi connectivity index (χ1v) is 7.07. The quantitative estimate of drug-likeness (QED) is 0.882. The smallest absolute Gasteiger partial charge is 0.295 e. The Bertz CT molecular complexity index is 643. The van der Waals surface area contributed by atoms with E-state index in [0.29, 0.717) is 5.82 Å². The van der Waals surface area contributed by atoms with Gasteiger partial charge in [0.2, 0.25) is 5.82 Å². The number of halogens is 1. The largest absolute Gasteiger partial charge is 0.319 e. The Hall–Kier alpha value is -1.69. The van der Waals surface area contributed by atoms with Crippen molar-refractivity contribution in [2.75, 3.05) is 5.32 Å². The van der Waals surface area contributed by atoms with Gasteiger partial charge in [-0.25, -0.2) is 4.98 Å². The molecule has 0 saturated carbocycles. The van der Waals surface area contributed by atoms with Crippen LogP contribution in [0.25, 0.3) is 0 Å². The zero-order valence-corrected chi connectivity index (χ0v) is 13.5. The van der Waals surface area contributed by atoms with Crippen LogP contribution in [0, 0.1) is 6.92 Å². The first kappa shape index (κ1) is 14.7. The molecule has 0 radical (unpaired) electrons. The maximum absolute atomic E-state index is 12.1.